The summed E-state index contributed by atoms with van der Waals surface area (Å²) in [7, 11) is 0. The first-order chi connectivity index (χ1) is 10.2. The van der Waals surface area contributed by atoms with Gasteiger partial charge in [0, 0.05) is 35.9 Å². The molecule has 0 saturated carbocycles. The third kappa shape index (κ3) is 2.12. The summed E-state index contributed by atoms with van der Waals surface area (Å²) in [4.78, 5) is 19.8. The van der Waals surface area contributed by atoms with Gasteiger partial charge in [-0.05, 0) is 18.4 Å². The molecule has 2 aromatic rings. The van der Waals surface area contributed by atoms with Gasteiger partial charge in [0.2, 0.25) is 5.91 Å². The highest BCUT2D eigenvalue weighted by Crippen LogP contribution is 2.42. The van der Waals surface area contributed by atoms with E-state index in [1.165, 1.54) is 16.0 Å². The average molecular weight is 299 g/mol. The topological polar surface area (TPSA) is 59.2 Å². The molecule has 1 aromatic carbocycles. The number of nitrogens with zero attached hydrogens (tertiary/aromatic N) is 2. The normalized spacial score (nSPS) is 17.6. The number of thiazole rings is 1. The smallest absolute Gasteiger partial charge is 0.220 e. The van der Waals surface area contributed by atoms with Crippen LogP contribution in [0.5, 0.6) is 0 Å². The minimum atomic E-state index is -0.162. The second kappa shape index (κ2) is 4.84. The Morgan fingerprint density at radius 1 is 1.29 bits per heavy atom. The van der Waals surface area contributed by atoms with E-state index in [9.17, 15) is 4.79 Å². The van der Waals surface area contributed by atoms with Crippen molar-refractivity contribution in [3.63, 3.8) is 0 Å². The molecule has 0 radical (unpaired) electrons. The van der Waals surface area contributed by atoms with Gasteiger partial charge in [-0.15, -0.1) is 11.3 Å². The number of carbonyl (C=O) groups excluding carboxylic acids is 1. The summed E-state index contributed by atoms with van der Waals surface area (Å²) in [5.74, 6) is -0.126. The zero-order chi connectivity index (χ0) is 14.4. The fourth-order valence-electron chi connectivity index (χ4n) is 3.24. The van der Waals surface area contributed by atoms with E-state index < -0.39 is 0 Å². The maximum absolute atomic E-state index is 11.2. The number of primary amides is 1. The summed E-state index contributed by atoms with van der Waals surface area (Å²) in [6, 6.07) is 8.50. The number of carbonyl (C=O) groups is 1. The van der Waals surface area contributed by atoms with Crippen LogP contribution in [0, 0.1) is 5.92 Å². The number of rotatable bonds is 2. The Kier molecular flexibility index (Phi) is 2.96. The molecule has 1 saturated heterocycles. The summed E-state index contributed by atoms with van der Waals surface area (Å²) in [6.07, 6.45) is 2.69. The standard InChI is InChI=1S/C16H17N3OS/c17-15(20)10-5-7-19(8-6-10)16-18-14-12-4-2-1-3-11(12)9-13(14)21-16/h1-4,10H,5-9H2,(H2,17,20). The highest BCUT2D eigenvalue weighted by molar-refractivity contribution is 7.16. The largest absolute Gasteiger partial charge is 0.369 e. The van der Waals surface area contributed by atoms with Crippen LogP contribution in [-0.4, -0.2) is 24.0 Å². The van der Waals surface area contributed by atoms with Crippen molar-refractivity contribution >= 4 is 22.4 Å². The lowest BCUT2D eigenvalue weighted by Gasteiger charge is -2.30. The molecule has 1 aliphatic heterocycles. The van der Waals surface area contributed by atoms with Gasteiger partial charge >= 0.3 is 0 Å². The minimum Gasteiger partial charge on any atom is -0.369 e. The number of nitrogens with two attached hydrogens (primary N) is 1. The molecule has 4 rings (SSSR count). The molecule has 2 aliphatic rings. The van der Waals surface area contributed by atoms with Crippen molar-refractivity contribution in [3.8, 4) is 11.3 Å². The van der Waals surface area contributed by atoms with Gasteiger partial charge in [0.1, 0.15) is 0 Å². The number of fused-ring (bicyclic) bond motifs is 3. The van der Waals surface area contributed by atoms with Crippen LogP contribution in [0.1, 0.15) is 23.3 Å². The molecule has 21 heavy (non-hydrogen) atoms. The maximum Gasteiger partial charge on any atom is 0.220 e. The molecule has 2 heterocycles. The fraction of sp³-hybridized carbons (Fsp3) is 0.375. The third-order valence-electron chi connectivity index (χ3n) is 4.48. The second-order valence-corrected chi connectivity index (χ2v) is 6.83. The molecule has 1 aromatic heterocycles. The van der Waals surface area contributed by atoms with Crippen molar-refractivity contribution in [1.29, 1.82) is 0 Å². The van der Waals surface area contributed by atoms with Crippen molar-refractivity contribution < 1.29 is 4.79 Å². The number of amides is 1. The Bertz CT molecular complexity index is 701. The van der Waals surface area contributed by atoms with Crippen molar-refractivity contribution in [2.24, 2.45) is 11.7 Å². The molecule has 0 atom stereocenters. The second-order valence-electron chi connectivity index (χ2n) is 5.77. The Morgan fingerprint density at radius 3 is 2.81 bits per heavy atom. The van der Waals surface area contributed by atoms with E-state index in [0.717, 1.165) is 43.2 Å². The molecular weight excluding hydrogens is 282 g/mol. The lowest BCUT2D eigenvalue weighted by Crippen LogP contribution is -2.38. The van der Waals surface area contributed by atoms with Crippen LogP contribution < -0.4 is 10.6 Å². The van der Waals surface area contributed by atoms with E-state index in [1.807, 2.05) is 0 Å². The van der Waals surface area contributed by atoms with Crippen molar-refractivity contribution in [2.75, 3.05) is 18.0 Å². The van der Waals surface area contributed by atoms with Gasteiger partial charge < -0.3 is 10.6 Å². The third-order valence-corrected chi connectivity index (χ3v) is 5.59. The molecule has 2 N–H and O–H groups in total. The molecule has 0 bridgehead atoms. The highest BCUT2D eigenvalue weighted by Gasteiger charge is 2.28. The van der Waals surface area contributed by atoms with Gasteiger partial charge in [-0.3, -0.25) is 4.79 Å². The zero-order valence-electron chi connectivity index (χ0n) is 11.7. The van der Waals surface area contributed by atoms with E-state index in [4.69, 9.17) is 10.7 Å². The Balaban J connectivity index is 1.56. The molecule has 0 spiro atoms. The first-order valence-corrected chi connectivity index (χ1v) is 8.16. The summed E-state index contributed by atoms with van der Waals surface area (Å²) in [5, 5.41) is 1.09. The first kappa shape index (κ1) is 12.8. The Morgan fingerprint density at radius 2 is 2.05 bits per heavy atom. The SMILES string of the molecule is NC(=O)C1CCN(c2nc3c(s2)Cc2ccccc2-3)CC1. The molecule has 108 valence electrons. The van der Waals surface area contributed by atoms with Crippen molar-refractivity contribution in [3.05, 3.63) is 34.7 Å². The van der Waals surface area contributed by atoms with E-state index in [1.54, 1.807) is 11.3 Å². The van der Waals surface area contributed by atoms with Crippen LogP contribution in [0.15, 0.2) is 24.3 Å². The van der Waals surface area contributed by atoms with Crippen LogP contribution in [0.4, 0.5) is 5.13 Å². The molecule has 5 heteroatoms. The quantitative estimate of drug-likeness (QED) is 0.790. The van der Waals surface area contributed by atoms with E-state index >= 15 is 0 Å². The van der Waals surface area contributed by atoms with Gasteiger partial charge in [-0.1, -0.05) is 24.3 Å². The van der Waals surface area contributed by atoms with Crippen molar-refractivity contribution in [1.82, 2.24) is 4.98 Å². The Labute approximate surface area is 127 Å². The predicted molar refractivity (Wildman–Crippen MR) is 84.5 cm³/mol. The summed E-state index contributed by atoms with van der Waals surface area (Å²) >= 11 is 1.79. The summed E-state index contributed by atoms with van der Waals surface area (Å²) < 4.78 is 0. The molecular formula is C16H17N3OS. The monoisotopic (exact) mass is 299 g/mol. The summed E-state index contributed by atoms with van der Waals surface area (Å²) in [5.41, 5.74) is 9.21. The fourth-order valence-corrected chi connectivity index (χ4v) is 4.39. The lowest BCUT2D eigenvalue weighted by molar-refractivity contribution is -0.122. The van der Waals surface area contributed by atoms with Crippen LogP contribution in [0.2, 0.25) is 0 Å². The highest BCUT2D eigenvalue weighted by atomic mass is 32.1. The van der Waals surface area contributed by atoms with Gasteiger partial charge in [0.15, 0.2) is 5.13 Å². The number of hydrogen-bond acceptors (Lipinski definition) is 4. The molecule has 4 nitrogen and oxygen atoms in total. The van der Waals surface area contributed by atoms with Gasteiger partial charge in [0.05, 0.1) is 5.69 Å². The number of aromatic nitrogens is 1. The summed E-state index contributed by atoms with van der Waals surface area (Å²) in [6.45, 7) is 1.75. The van der Waals surface area contributed by atoms with Gasteiger partial charge in [-0.25, -0.2) is 4.98 Å². The first-order valence-electron chi connectivity index (χ1n) is 7.34. The minimum absolute atomic E-state index is 0.0359. The van der Waals surface area contributed by atoms with E-state index in [0.29, 0.717) is 0 Å². The van der Waals surface area contributed by atoms with E-state index in [2.05, 4.69) is 29.2 Å². The van der Waals surface area contributed by atoms with E-state index in [-0.39, 0.29) is 11.8 Å². The molecule has 1 amide bonds. The predicted octanol–water partition coefficient (Wildman–Crippen LogP) is 2.42. The average Bonchev–Trinajstić information content (AvgIpc) is 3.05. The zero-order valence-corrected chi connectivity index (χ0v) is 12.5. The molecule has 0 unspecified atom stereocenters. The number of hydrogen-bond donors (Lipinski definition) is 1. The van der Waals surface area contributed by atoms with Crippen LogP contribution in [-0.2, 0) is 11.2 Å². The Hall–Kier alpha value is -1.88. The molecule has 1 aliphatic carbocycles. The van der Waals surface area contributed by atoms with Crippen LogP contribution >= 0.6 is 11.3 Å². The van der Waals surface area contributed by atoms with Gasteiger partial charge in [-0.2, -0.15) is 0 Å². The van der Waals surface area contributed by atoms with Crippen LogP contribution in [0.25, 0.3) is 11.3 Å². The van der Waals surface area contributed by atoms with Crippen molar-refractivity contribution in [2.45, 2.75) is 19.3 Å². The maximum atomic E-state index is 11.2. The molecule has 1 fully saturated rings. The number of piperidine rings is 1. The number of anilines is 1. The van der Waals surface area contributed by atoms with Crippen LogP contribution in [0.3, 0.4) is 0 Å². The lowest BCUT2D eigenvalue weighted by atomic mass is 9.97. The number of benzene rings is 1. The van der Waals surface area contributed by atoms with Gasteiger partial charge in [0.25, 0.3) is 0 Å².